The zero-order valence-corrected chi connectivity index (χ0v) is 11.8. The van der Waals surface area contributed by atoms with Gasteiger partial charge in [-0.15, -0.1) is 0 Å². The molecule has 1 heterocycles. The van der Waals surface area contributed by atoms with Crippen molar-refractivity contribution in [1.82, 2.24) is 0 Å². The topological polar surface area (TPSA) is 53.7 Å². The Labute approximate surface area is 120 Å². The van der Waals surface area contributed by atoms with E-state index in [2.05, 4.69) is 24.3 Å². The van der Waals surface area contributed by atoms with Crippen LogP contribution in [0.5, 0.6) is 0 Å². The molecule has 0 amide bonds. The van der Waals surface area contributed by atoms with Crippen LogP contribution in [-0.2, 0) is 20.6 Å². The van der Waals surface area contributed by atoms with E-state index in [9.17, 15) is 0 Å². The molecule has 1 saturated carbocycles. The van der Waals surface area contributed by atoms with Gasteiger partial charge >= 0.3 is 0 Å². The van der Waals surface area contributed by atoms with E-state index in [-0.39, 0.29) is 12.1 Å². The molecule has 110 valence electrons. The summed E-state index contributed by atoms with van der Waals surface area (Å²) in [4.78, 5) is 0. The van der Waals surface area contributed by atoms with Gasteiger partial charge in [-0.2, -0.15) is 0 Å². The van der Waals surface area contributed by atoms with Crippen LogP contribution in [0.2, 0.25) is 0 Å². The van der Waals surface area contributed by atoms with Crippen molar-refractivity contribution in [2.75, 3.05) is 19.8 Å². The normalized spacial score (nSPS) is 28.9. The quantitative estimate of drug-likeness (QED) is 0.913. The summed E-state index contributed by atoms with van der Waals surface area (Å²) < 4.78 is 17.5. The van der Waals surface area contributed by atoms with Gasteiger partial charge in [0.25, 0.3) is 0 Å². The highest BCUT2D eigenvalue weighted by Gasteiger charge is 2.44. The molecule has 2 fully saturated rings. The number of hydrogen-bond donors (Lipinski definition) is 1. The molecule has 3 rings (SSSR count). The summed E-state index contributed by atoms with van der Waals surface area (Å²) in [7, 11) is 0. The number of hydrogen-bond acceptors (Lipinski definition) is 4. The first kappa shape index (κ1) is 14.0. The van der Waals surface area contributed by atoms with Crippen molar-refractivity contribution >= 4 is 0 Å². The highest BCUT2D eigenvalue weighted by Crippen LogP contribution is 2.36. The van der Waals surface area contributed by atoms with Gasteiger partial charge in [-0.25, -0.2) is 0 Å². The maximum absolute atomic E-state index is 6.17. The number of benzene rings is 1. The van der Waals surface area contributed by atoms with Crippen molar-refractivity contribution in [3.05, 3.63) is 35.9 Å². The van der Waals surface area contributed by atoms with Crippen LogP contribution >= 0.6 is 0 Å². The number of nitrogens with two attached hydrogens (primary N) is 1. The molecule has 1 aliphatic carbocycles. The molecule has 0 aromatic heterocycles. The van der Waals surface area contributed by atoms with Gasteiger partial charge in [0.1, 0.15) is 0 Å². The van der Waals surface area contributed by atoms with E-state index in [0.29, 0.717) is 19.8 Å². The minimum Gasteiger partial charge on any atom is -0.376 e. The first-order chi connectivity index (χ1) is 9.77. The number of ether oxygens (including phenoxy) is 3. The van der Waals surface area contributed by atoms with Crippen LogP contribution in [0.4, 0.5) is 0 Å². The van der Waals surface area contributed by atoms with Gasteiger partial charge < -0.3 is 19.9 Å². The molecule has 1 spiro atoms. The predicted molar refractivity (Wildman–Crippen MR) is 76.3 cm³/mol. The van der Waals surface area contributed by atoms with Gasteiger partial charge in [0, 0.05) is 18.9 Å². The molecule has 4 nitrogen and oxygen atoms in total. The Morgan fingerprint density at radius 2 is 1.95 bits per heavy atom. The maximum atomic E-state index is 6.17. The van der Waals surface area contributed by atoms with E-state index in [1.54, 1.807) is 0 Å². The largest absolute Gasteiger partial charge is 0.376 e. The van der Waals surface area contributed by atoms with E-state index >= 15 is 0 Å². The van der Waals surface area contributed by atoms with Crippen LogP contribution in [0, 0.1) is 0 Å². The summed E-state index contributed by atoms with van der Waals surface area (Å²) in [5.74, 6) is -0.423. The molecule has 0 bridgehead atoms. The highest BCUT2D eigenvalue weighted by atomic mass is 16.7. The zero-order valence-electron chi connectivity index (χ0n) is 11.8. The predicted octanol–water partition coefficient (Wildman–Crippen LogP) is 1.87. The van der Waals surface area contributed by atoms with Crippen molar-refractivity contribution in [3.63, 3.8) is 0 Å². The van der Waals surface area contributed by atoms with Gasteiger partial charge in [-0.1, -0.05) is 30.3 Å². The fraction of sp³-hybridized carbons (Fsp3) is 0.625. The minimum atomic E-state index is -0.423. The Morgan fingerprint density at radius 1 is 1.20 bits per heavy atom. The second-order valence-electron chi connectivity index (χ2n) is 5.66. The monoisotopic (exact) mass is 277 g/mol. The molecule has 1 aromatic carbocycles. The molecule has 1 aliphatic heterocycles. The summed E-state index contributed by atoms with van der Waals surface area (Å²) in [6.45, 7) is 2.07. The average Bonchev–Trinajstić information content (AvgIpc) is 2.92. The first-order valence-corrected chi connectivity index (χ1v) is 7.46. The Morgan fingerprint density at radius 3 is 2.70 bits per heavy atom. The highest BCUT2D eigenvalue weighted by molar-refractivity contribution is 5.14. The lowest BCUT2D eigenvalue weighted by atomic mass is 9.88. The van der Waals surface area contributed by atoms with Crippen LogP contribution in [0.25, 0.3) is 0 Å². The SMILES string of the molecule is NC1CCC2(CC1OCCc1ccccc1)OCCO2. The lowest BCUT2D eigenvalue weighted by Gasteiger charge is -2.39. The Kier molecular flexibility index (Phi) is 4.36. The fourth-order valence-corrected chi connectivity index (χ4v) is 3.05. The van der Waals surface area contributed by atoms with Gasteiger partial charge in [-0.3, -0.25) is 0 Å². The molecule has 1 aromatic rings. The summed E-state index contributed by atoms with van der Waals surface area (Å²) in [6, 6.07) is 10.5. The van der Waals surface area contributed by atoms with Crippen LogP contribution in [0.15, 0.2) is 30.3 Å². The summed E-state index contributed by atoms with van der Waals surface area (Å²) in [6.07, 6.45) is 3.48. The smallest absolute Gasteiger partial charge is 0.171 e. The van der Waals surface area contributed by atoms with E-state index in [1.165, 1.54) is 5.56 Å². The van der Waals surface area contributed by atoms with Gasteiger partial charge in [0.15, 0.2) is 5.79 Å². The first-order valence-electron chi connectivity index (χ1n) is 7.46. The lowest BCUT2D eigenvalue weighted by molar-refractivity contribution is -0.204. The van der Waals surface area contributed by atoms with Crippen LogP contribution < -0.4 is 5.73 Å². The number of rotatable bonds is 4. The Balaban J connectivity index is 1.50. The maximum Gasteiger partial charge on any atom is 0.171 e. The molecular weight excluding hydrogens is 254 g/mol. The average molecular weight is 277 g/mol. The zero-order chi connectivity index (χ0) is 13.8. The minimum absolute atomic E-state index is 0.0329. The third-order valence-electron chi connectivity index (χ3n) is 4.23. The molecule has 2 atom stereocenters. The van der Waals surface area contributed by atoms with Crippen molar-refractivity contribution in [2.45, 2.75) is 43.6 Å². The Hall–Kier alpha value is -0.940. The molecule has 0 radical (unpaired) electrons. The Bertz CT molecular complexity index is 417. The molecule has 2 aliphatic rings. The van der Waals surface area contributed by atoms with Crippen molar-refractivity contribution in [2.24, 2.45) is 5.73 Å². The standard InChI is InChI=1S/C16H23NO3/c17-14-6-8-16(19-10-11-20-16)12-15(14)18-9-7-13-4-2-1-3-5-13/h1-5,14-15H,6-12,17H2. The van der Waals surface area contributed by atoms with Gasteiger partial charge in [-0.05, 0) is 18.4 Å². The summed E-state index contributed by atoms with van der Waals surface area (Å²) in [5, 5.41) is 0. The fourth-order valence-electron chi connectivity index (χ4n) is 3.05. The van der Waals surface area contributed by atoms with E-state index in [1.807, 2.05) is 6.07 Å². The third kappa shape index (κ3) is 3.20. The van der Waals surface area contributed by atoms with E-state index in [4.69, 9.17) is 19.9 Å². The second-order valence-corrected chi connectivity index (χ2v) is 5.66. The molecule has 2 unspecified atom stereocenters. The molecule has 2 N–H and O–H groups in total. The third-order valence-corrected chi connectivity index (χ3v) is 4.23. The summed E-state index contributed by atoms with van der Waals surface area (Å²) >= 11 is 0. The van der Waals surface area contributed by atoms with Crippen LogP contribution in [-0.4, -0.2) is 37.8 Å². The van der Waals surface area contributed by atoms with Crippen molar-refractivity contribution < 1.29 is 14.2 Å². The van der Waals surface area contributed by atoms with Crippen molar-refractivity contribution in [1.29, 1.82) is 0 Å². The molecular formula is C16H23NO3. The van der Waals surface area contributed by atoms with Gasteiger partial charge in [0.2, 0.25) is 0 Å². The molecule has 4 heteroatoms. The van der Waals surface area contributed by atoms with Crippen LogP contribution in [0.3, 0.4) is 0 Å². The van der Waals surface area contributed by atoms with E-state index < -0.39 is 5.79 Å². The van der Waals surface area contributed by atoms with Crippen molar-refractivity contribution in [3.8, 4) is 0 Å². The second kappa shape index (κ2) is 6.22. The van der Waals surface area contributed by atoms with Crippen LogP contribution in [0.1, 0.15) is 24.8 Å². The summed E-state index contributed by atoms with van der Waals surface area (Å²) in [5.41, 5.74) is 7.46. The lowest BCUT2D eigenvalue weighted by Crippen LogP contribution is -2.50. The van der Waals surface area contributed by atoms with E-state index in [0.717, 1.165) is 25.7 Å². The van der Waals surface area contributed by atoms with Gasteiger partial charge in [0.05, 0.1) is 25.9 Å². The molecule has 1 saturated heterocycles. The molecule has 20 heavy (non-hydrogen) atoms.